The van der Waals surface area contributed by atoms with Crippen LogP contribution in [-0.2, 0) is 11.3 Å². The lowest BCUT2D eigenvalue weighted by Gasteiger charge is -2.34. The highest BCUT2D eigenvalue weighted by molar-refractivity contribution is 6.01. The van der Waals surface area contributed by atoms with Crippen molar-refractivity contribution in [1.29, 1.82) is 0 Å². The number of carbonyl (C=O) groups is 1. The van der Waals surface area contributed by atoms with Crippen molar-refractivity contribution in [2.45, 2.75) is 38.5 Å². The monoisotopic (exact) mass is 484 g/mol. The van der Waals surface area contributed by atoms with E-state index in [0.717, 1.165) is 16.7 Å². The molecule has 4 aromatic rings. The van der Waals surface area contributed by atoms with Crippen LogP contribution in [-0.4, -0.2) is 60.8 Å². The van der Waals surface area contributed by atoms with Gasteiger partial charge in [0, 0.05) is 37.1 Å². The lowest BCUT2D eigenvalue weighted by molar-refractivity contribution is -0.140. The van der Waals surface area contributed by atoms with Gasteiger partial charge in [-0.3, -0.25) is 29.1 Å². The minimum absolute atomic E-state index is 0.248. The minimum atomic E-state index is -1.07. The summed E-state index contributed by atoms with van der Waals surface area (Å²) in [5.41, 5.74) is 4.30. The molecule has 1 fully saturated rings. The van der Waals surface area contributed by atoms with Crippen LogP contribution in [0.2, 0.25) is 0 Å². The molecule has 1 saturated heterocycles. The topological polar surface area (TPSA) is 134 Å². The molecule has 3 aromatic heterocycles. The first kappa shape index (κ1) is 22.3. The number of aliphatic hydroxyl groups excluding tert-OH is 1. The lowest BCUT2D eigenvalue weighted by atomic mass is 10.0. The quantitative estimate of drug-likeness (QED) is 0.426. The van der Waals surface area contributed by atoms with Gasteiger partial charge in [-0.05, 0) is 49.1 Å². The third kappa shape index (κ3) is 3.61. The van der Waals surface area contributed by atoms with Gasteiger partial charge in [-0.15, -0.1) is 0 Å². The zero-order valence-electron chi connectivity index (χ0n) is 19.6. The van der Waals surface area contributed by atoms with E-state index in [1.807, 2.05) is 36.5 Å². The number of H-pyrrole nitrogens is 1. The van der Waals surface area contributed by atoms with E-state index in [-0.39, 0.29) is 17.3 Å². The molecule has 0 spiro atoms. The van der Waals surface area contributed by atoms with Gasteiger partial charge in [0.2, 0.25) is 0 Å². The zero-order chi connectivity index (χ0) is 25.0. The maximum atomic E-state index is 13.1. The molecule has 5 heterocycles. The zero-order valence-corrected chi connectivity index (χ0v) is 19.6. The number of nitrogens with zero attached hydrogens (tertiary/aromatic N) is 5. The molecule has 0 radical (unpaired) electrons. The van der Waals surface area contributed by atoms with Crippen molar-refractivity contribution in [2.75, 3.05) is 13.1 Å². The van der Waals surface area contributed by atoms with Gasteiger partial charge in [0.1, 0.15) is 11.6 Å². The first-order valence-electron chi connectivity index (χ1n) is 11.9. The number of rotatable bonds is 3. The van der Waals surface area contributed by atoms with Crippen LogP contribution in [0.4, 0.5) is 0 Å². The van der Waals surface area contributed by atoms with Crippen LogP contribution in [0.1, 0.15) is 36.9 Å². The Kier molecular flexibility index (Phi) is 5.26. The number of nitrogens with one attached hydrogen (secondary N) is 1. The summed E-state index contributed by atoms with van der Waals surface area (Å²) in [5.74, 6) is -0.326. The summed E-state index contributed by atoms with van der Waals surface area (Å²) >= 11 is 0. The summed E-state index contributed by atoms with van der Waals surface area (Å²) in [6, 6.07) is 9.54. The van der Waals surface area contributed by atoms with Gasteiger partial charge < -0.3 is 10.0 Å². The Bertz CT molecular complexity index is 1680. The molecule has 1 atom stereocenters. The van der Waals surface area contributed by atoms with Crippen LogP contribution in [0.15, 0.2) is 51.1 Å². The maximum absolute atomic E-state index is 13.1. The van der Waals surface area contributed by atoms with Gasteiger partial charge in [0.25, 0.3) is 11.5 Å². The van der Waals surface area contributed by atoms with E-state index in [9.17, 15) is 19.5 Å². The van der Waals surface area contributed by atoms with Crippen molar-refractivity contribution in [1.82, 2.24) is 24.4 Å². The number of hydrogen-bond donors (Lipinski definition) is 2. The number of benzene rings is 1. The number of fused-ring (bicyclic) bond motifs is 4. The van der Waals surface area contributed by atoms with Crippen LogP contribution < -0.4 is 11.2 Å². The standard InChI is InChI=1S/C26H24N6O4/c1-14(33)25(35)31-8-6-18(7-9-31)32-23-19(24(34)30-26(32)36)13-28-21-5-4-20(29-22(21)23)15-2-3-16-11-27-12-17(16)10-15/h2-5,10,12-14,18,33H,6-9,11H2,1H3,(H,30,34,36)/t14-/m0/s1. The van der Waals surface area contributed by atoms with Crippen LogP contribution in [0, 0.1) is 0 Å². The van der Waals surface area contributed by atoms with Crippen LogP contribution in [0.25, 0.3) is 33.2 Å². The summed E-state index contributed by atoms with van der Waals surface area (Å²) in [4.78, 5) is 55.7. The average molecular weight is 485 g/mol. The summed E-state index contributed by atoms with van der Waals surface area (Å²) in [6.45, 7) is 2.93. The summed E-state index contributed by atoms with van der Waals surface area (Å²) in [5, 5.41) is 9.94. The number of amides is 1. The third-order valence-corrected chi connectivity index (χ3v) is 7.04. The Hall–Kier alpha value is -4.18. The Morgan fingerprint density at radius 1 is 1.17 bits per heavy atom. The number of aliphatic hydroxyl groups is 1. The Morgan fingerprint density at radius 3 is 2.75 bits per heavy atom. The van der Waals surface area contributed by atoms with Gasteiger partial charge in [0.05, 0.1) is 28.7 Å². The third-order valence-electron chi connectivity index (χ3n) is 7.04. The van der Waals surface area contributed by atoms with Gasteiger partial charge in [-0.25, -0.2) is 9.78 Å². The minimum Gasteiger partial charge on any atom is -0.384 e. The highest BCUT2D eigenvalue weighted by Gasteiger charge is 2.28. The summed E-state index contributed by atoms with van der Waals surface area (Å²) in [6.07, 6.45) is 3.27. The molecule has 1 aromatic carbocycles. The number of aromatic amines is 1. The second kappa shape index (κ2) is 8.49. The molecule has 0 aliphatic carbocycles. The van der Waals surface area contributed by atoms with Crippen LogP contribution in [0.3, 0.4) is 0 Å². The molecule has 36 heavy (non-hydrogen) atoms. The highest BCUT2D eigenvalue weighted by Crippen LogP contribution is 2.30. The predicted molar refractivity (Wildman–Crippen MR) is 135 cm³/mol. The lowest BCUT2D eigenvalue weighted by Crippen LogP contribution is -2.45. The van der Waals surface area contributed by atoms with Crippen molar-refractivity contribution >= 4 is 34.1 Å². The molecule has 0 unspecified atom stereocenters. The Labute approximate surface area is 205 Å². The molecule has 182 valence electrons. The smallest absolute Gasteiger partial charge is 0.329 e. The number of aliphatic imine (C=N–C) groups is 1. The molecule has 6 rings (SSSR count). The molecular formula is C26H24N6O4. The van der Waals surface area contributed by atoms with E-state index in [1.165, 1.54) is 13.1 Å². The van der Waals surface area contributed by atoms with E-state index < -0.39 is 17.4 Å². The summed E-state index contributed by atoms with van der Waals surface area (Å²) in [7, 11) is 0. The second-order valence-corrected chi connectivity index (χ2v) is 9.33. The van der Waals surface area contributed by atoms with E-state index in [2.05, 4.69) is 15.0 Å². The fourth-order valence-electron chi connectivity index (χ4n) is 5.17. The van der Waals surface area contributed by atoms with Crippen molar-refractivity contribution in [3.63, 3.8) is 0 Å². The van der Waals surface area contributed by atoms with E-state index >= 15 is 0 Å². The first-order chi connectivity index (χ1) is 17.4. The molecule has 10 heteroatoms. The fourth-order valence-corrected chi connectivity index (χ4v) is 5.17. The molecule has 10 nitrogen and oxygen atoms in total. The van der Waals surface area contributed by atoms with E-state index in [4.69, 9.17) is 4.98 Å². The number of piperidine rings is 1. The van der Waals surface area contributed by atoms with Gasteiger partial charge in [-0.2, -0.15) is 0 Å². The molecule has 2 N–H and O–H groups in total. The van der Waals surface area contributed by atoms with Gasteiger partial charge in [-0.1, -0.05) is 12.1 Å². The molecule has 0 saturated carbocycles. The van der Waals surface area contributed by atoms with Crippen molar-refractivity contribution < 1.29 is 9.90 Å². The molecule has 2 aliphatic rings. The average Bonchev–Trinajstić information content (AvgIpc) is 3.36. The largest absolute Gasteiger partial charge is 0.384 e. The normalized spacial score (nSPS) is 16.6. The first-order valence-corrected chi connectivity index (χ1v) is 11.9. The summed E-state index contributed by atoms with van der Waals surface area (Å²) < 4.78 is 1.59. The van der Waals surface area contributed by atoms with Crippen molar-refractivity contribution in [3.8, 4) is 11.3 Å². The van der Waals surface area contributed by atoms with Gasteiger partial charge in [0.15, 0.2) is 0 Å². The Morgan fingerprint density at radius 2 is 1.97 bits per heavy atom. The number of pyridine rings is 2. The molecular weight excluding hydrogens is 460 g/mol. The SMILES string of the molecule is C[C@H](O)C(=O)N1CCC(n2c(=O)[nH]c(=O)c3cnc4ccc(-c5ccc6c(c5)C=NC6)nc4c32)CC1. The van der Waals surface area contributed by atoms with E-state index in [0.29, 0.717) is 54.7 Å². The number of aromatic nitrogens is 4. The maximum Gasteiger partial charge on any atom is 0.329 e. The molecule has 2 aliphatic heterocycles. The number of hydrogen-bond acceptors (Lipinski definition) is 7. The molecule has 1 amide bonds. The predicted octanol–water partition coefficient (Wildman–Crippen LogP) is 1.78. The van der Waals surface area contributed by atoms with Crippen molar-refractivity contribution in [2.24, 2.45) is 4.99 Å². The Balaban J connectivity index is 1.50. The number of likely N-dealkylation sites (tertiary alicyclic amines) is 1. The van der Waals surface area contributed by atoms with Crippen LogP contribution >= 0.6 is 0 Å². The van der Waals surface area contributed by atoms with E-state index in [1.54, 1.807) is 9.47 Å². The second-order valence-electron chi connectivity index (χ2n) is 9.33. The van der Waals surface area contributed by atoms with Crippen molar-refractivity contribution in [3.05, 3.63) is 68.5 Å². The fraction of sp³-hybridized carbons (Fsp3) is 0.308. The highest BCUT2D eigenvalue weighted by atomic mass is 16.3. The van der Waals surface area contributed by atoms with Crippen LogP contribution in [0.5, 0.6) is 0 Å². The number of carbonyl (C=O) groups excluding carboxylic acids is 1. The van der Waals surface area contributed by atoms with Gasteiger partial charge >= 0.3 is 5.69 Å². The molecule has 0 bridgehead atoms.